The molecule has 0 aliphatic heterocycles. The molecule has 7 heteroatoms. The van der Waals surface area contributed by atoms with Gasteiger partial charge in [-0.2, -0.15) is 0 Å². The number of aryl methyl sites for hydroxylation is 1. The van der Waals surface area contributed by atoms with Crippen LogP contribution in [0, 0.1) is 0 Å². The van der Waals surface area contributed by atoms with Crippen molar-refractivity contribution < 1.29 is 19.1 Å². The Bertz CT molecular complexity index is 866. The number of esters is 1. The third-order valence-corrected chi connectivity index (χ3v) is 4.20. The smallest absolute Gasteiger partial charge is 0.396 e. The Morgan fingerprint density at radius 1 is 1.24 bits per heavy atom. The first-order valence-corrected chi connectivity index (χ1v) is 9.88. The summed E-state index contributed by atoms with van der Waals surface area (Å²) in [5.74, 6) is -0.682. The number of hydrogen-bond donors (Lipinski definition) is 1. The van der Waals surface area contributed by atoms with Gasteiger partial charge in [-0.15, -0.1) is 0 Å². The predicted molar refractivity (Wildman–Crippen MR) is 113 cm³/mol. The minimum absolute atomic E-state index is 0.157. The molecule has 0 radical (unpaired) electrons. The Morgan fingerprint density at radius 3 is 2.66 bits per heavy atom. The van der Waals surface area contributed by atoms with Crippen LogP contribution in [0.3, 0.4) is 0 Å². The Balaban J connectivity index is 1.93. The fourth-order valence-electron chi connectivity index (χ4n) is 2.50. The third kappa shape index (κ3) is 7.23. The maximum absolute atomic E-state index is 11.6. The van der Waals surface area contributed by atoms with Crippen LogP contribution in [0.2, 0.25) is 5.02 Å². The third-order valence-electron chi connectivity index (χ3n) is 3.91. The van der Waals surface area contributed by atoms with Gasteiger partial charge in [-0.1, -0.05) is 43.2 Å². The average molecular weight is 417 g/mol. The summed E-state index contributed by atoms with van der Waals surface area (Å²) in [5, 5.41) is 3.09. The van der Waals surface area contributed by atoms with Crippen molar-refractivity contribution in [2.24, 2.45) is 0 Å². The molecule has 0 saturated heterocycles. The van der Waals surface area contributed by atoms with Crippen LogP contribution in [0.25, 0.3) is 6.08 Å². The lowest BCUT2D eigenvalue weighted by Crippen LogP contribution is -2.37. The van der Waals surface area contributed by atoms with Crippen molar-refractivity contribution >= 4 is 29.6 Å². The number of halogens is 1. The van der Waals surface area contributed by atoms with Crippen molar-refractivity contribution in [2.45, 2.75) is 39.7 Å². The van der Waals surface area contributed by atoms with Gasteiger partial charge in [0.1, 0.15) is 5.75 Å². The Hall–Kier alpha value is -2.86. The Labute approximate surface area is 175 Å². The van der Waals surface area contributed by atoms with Crippen LogP contribution in [0.15, 0.2) is 42.6 Å². The summed E-state index contributed by atoms with van der Waals surface area (Å²) >= 11 is 6.28. The second-order valence-electron chi connectivity index (χ2n) is 6.39. The van der Waals surface area contributed by atoms with Gasteiger partial charge < -0.3 is 14.8 Å². The number of nitrogens with zero attached hydrogens (tertiary/aromatic N) is 1. The summed E-state index contributed by atoms with van der Waals surface area (Å²) in [4.78, 5) is 27.2. The van der Waals surface area contributed by atoms with Gasteiger partial charge in [0.2, 0.25) is 5.88 Å². The highest BCUT2D eigenvalue weighted by Crippen LogP contribution is 2.29. The molecule has 0 spiro atoms. The van der Waals surface area contributed by atoms with Gasteiger partial charge in [0.15, 0.2) is 0 Å². The molecule has 29 heavy (non-hydrogen) atoms. The van der Waals surface area contributed by atoms with Gasteiger partial charge in [0, 0.05) is 18.3 Å². The molecular formula is C22H25ClN2O4. The quantitative estimate of drug-likeness (QED) is 0.504. The van der Waals surface area contributed by atoms with Crippen LogP contribution in [-0.4, -0.2) is 29.5 Å². The number of ether oxygens (including phenoxy) is 2. The highest BCUT2D eigenvalue weighted by Gasteiger charge is 2.15. The first-order valence-electron chi connectivity index (χ1n) is 9.51. The van der Waals surface area contributed by atoms with E-state index in [9.17, 15) is 9.59 Å². The fraction of sp³-hybridized carbons (Fsp3) is 0.318. The molecule has 0 unspecified atom stereocenters. The Morgan fingerprint density at radius 2 is 2.03 bits per heavy atom. The van der Waals surface area contributed by atoms with Crippen molar-refractivity contribution in [1.29, 1.82) is 0 Å². The molecule has 0 saturated carbocycles. The highest BCUT2D eigenvalue weighted by atomic mass is 35.5. The second kappa shape index (κ2) is 11.2. The van der Waals surface area contributed by atoms with Crippen LogP contribution in [0.1, 0.15) is 38.3 Å². The molecule has 0 fully saturated rings. The van der Waals surface area contributed by atoms with E-state index in [0.29, 0.717) is 16.7 Å². The first kappa shape index (κ1) is 22.4. The van der Waals surface area contributed by atoms with Crippen LogP contribution < -0.4 is 10.1 Å². The monoisotopic (exact) mass is 416 g/mol. The molecule has 1 heterocycles. The van der Waals surface area contributed by atoms with Crippen LogP contribution in [-0.2, 0) is 20.7 Å². The summed E-state index contributed by atoms with van der Waals surface area (Å²) in [7, 11) is 0. The van der Waals surface area contributed by atoms with Gasteiger partial charge in [-0.25, -0.2) is 9.78 Å². The van der Waals surface area contributed by atoms with Crippen LogP contribution >= 0.6 is 11.6 Å². The van der Waals surface area contributed by atoms with Crippen molar-refractivity contribution in [2.75, 3.05) is 6.61 Å². The minimum atomic E-state index is -0.891. The van der Waals surface area contributed by atoms with Crippen LogP contribution in [0.4, 0.5) is 0 Å². The number of benzene rings is 1. The molecule has 2 aromatic rings. The lowest BCUT2D eigenvalue weighted by Gasteiger charge is -2.09. The molecule has 1 aromatic heterocycles. The number of nitrogens with one attached hydrogen (secondary N) is 1. The summed E-state index contributed by atoms with van der Waals surface area (Å²) < 4.78 is 10.4. The summed E-state index contributed by atoms with van der Waals surface area (Å²) in [6.07, 6.45) is 7.21. The lowest BCUT2D eigenvalue weighted by atomic mass is 10.1. The van der Waals surface area contributed by atoms with Crippen molar-refractivity contribution in [1.82, 2.24) is 10.3 Å². The zero-order valence-electron chi connectivity index (χ0n) is 16.8. The average Bonchev–Trinajstić information content (AvgIpc) is 2.70. The van der Waals surface area contributed by atoms with Gasteiger partial charge in [0.05, 0.1) is 11.6 Å². The van der Waals surface area contributed by atoms with E-state index in [4.69, 9.17) is 16.3 Å². The first-order chi connectivity index (χ1) is 13.9. The molecule has 1 N–H and O–H groups in total. The molecule has 1 atom stereocenters. The van der Waals surface area contributed by atoms with Gasteiger partial charge in [-0.3, -0.25) is 4.79 Å². The summed E-state index contributed by atoms with van der Waals surface area (Å²) in [6, 6.07) is 8.97. The fourth-order valence-corrected chi connectivity index (χ4v) is 2.74. The highest BCUT2D eigenvalue weighted by molar-refractivity contribution is 6.32. The van der Waals surface area contributed by atoms with Gasteiger partial charge in [-0.05, 0) is 49.6 Å². The molecule has 0 aliphatic rings. The molecule has 154 valence electrons. The van der Waals surface area contributed by atoms with Crippen LogP contribution in [0.5, 0.6) is 11.6 Å². The second-order valence-corrected chi connectivity index (χ2v) is 6.80. The maximum Gasteiger partial charge on any atom is 0.396 e. The van der Waals surface area contributed by atoms with E-state index < -0.39 is 11.9 Å². The van der Waals surface area contributed by atoms with E-state index in [0.717, 1.165) is 18.4 Å². The van der Waals surface area contributed by atoms with Crippen molar-refractivity contribution in [3.8, 4) is 11.6 Å². The Kier molecular flexibility index (Phi) is 8.68. The van der Waals surface area contributed by atoms with E-state index in [2.05, 4.69) is 22.0 Å². The largest absolute Gasteiger partial charge is 0.459 e. The number of aromatic nitrogens is 1. The van der Waals surface area contributed by atoms with E-state index in [-0.39, 0.29) is 12.6 Å². The number of carbonyl (C=O) groups excluding carboxylic acids is 2. The molecule has 0 aliphatic carbocycles. The van der Waals surface area contributed by atoms with E-state index in [1.807, 2.05) is 24.3 Å². The maximum atomic E-state index is 11.6. The van der Waals surface area contributed by atoms with Crippen molar-refractivity contribution in [3.05, 3.63) is 58.8 Å². The standard InChI is InChI=1S/C22H25ClN2O4/c1-4-6-16-9-11-19(18(23)13-16)29-20-12-10-17(14-24-20)8-7-15(3)25-21(26)22(27)28-5-2/h7-15H,4-6H2,1-3H3,(H,25,26)/b8-7+/t15-/m0/s1. The molecule has 0 bridgehead atoms. The molecule has 6 nitrogen and oxygen atoms in total. The summed E-state index contributed by atoms with van der Waals surface area (Å²) in [6.45, 7) is 5.67. The zero-order chi connectivity index (χ0) is 21.2. The lowest BCUT2D eigenvalue weighted by molar-refractivity contribution is -0.154. The number of carbonyl (C=O) groups is 2. The van der Waals surface area contributed by atoms with Gasteiger partial charge in [0.25, 0.3) is 0 Å². The zero-order valence-corrected chi connectivity index (χ0v) is 17.5. The molecular weight excluding hydrogens is 392 g/mol. The predicted octanol–water partition coefficient (Wildman–Crippen LogP) is 4.56. The summed E-state index contributed by atoms with van der Waals surface area (Å²) in [5.41, 5.74) is 1.99. The molecule has 1 amide bonds. The number of amides is 1. The normalized spacial score (nSPS) is 11.9. The minimum Gasteiger partial charge on any atom is -0.459 e. The van der Waals surface area contributed by atoms with E-state index in [1.165, 1.54) is 5.56 Å². The SMILES string of the molecule is CCCc1ccc(Oc2ccc(/C=C/[C@H](C)NC(=O)C(=O)OCC)cn2)c(Cl)c1. The van der Waals surface area contributed by atoms with Crippen molar-refractivity contribution in [3.63, 3.8) is 0 Å². The number of pyridine rings is 1. The number of hydrogen-bond acceptors (Lipinski definition) is 5. The number of rotatable bonds is 8. The molecule has 1 aromatic carbocycles. The van der Waals surface area contributed by atoms with E-state index in [1.54, 1.807) is 38.3 Å². The molecule has 2 rings (SSSR count). The van der Waals surface area contributed by atoms with Gasteiger partial charge >= 0.3 is 11.9 Å². The topological polar surface area (TPSA) is 77.5 Å². The van der Waals surface area contributed by atoms with E-state index >= 15 is 0 Å².